The largest absolute Gasteiger partial charge is 0.489 e. The Balaban J connectivity index is 1.86. The molecule has 2 aliphatic carbocycles. The van der Waals surface area contributed by atoms with Crippen molar-refractivity contribution in [3.63, 3.8) is 0 Å². The Morgan fingerprint density at radius 1 is 0.905 bits per heavy atom. The number of rotatable bonds is 0. The summed E-state index contributed by atoms with van der Waals surface area (Å²) in [4.78, 5) is 0. The standard InChI is InChI=1S/C20H14O/c1-2-7-14-13(6-1)12-18-17-10-5-11-21-20(17)16-9-4-3-8-15(16)19(14)18/h1-11,20H,12H2. The normalized spacial score (nSPS) is 21.0. The van der Waals surface area contributed by atoms with Crippen LogP contribution in [0, 0.1) is 0 Å². The molecule has 0 bridgehead atoms. The second kappa shape index (κ2) is 3.98. The van der Waals surface area contributed by atoms with Crippen LogP contribution < -0.4 is 0 Å². The fourth-order valence-electron chi connectivity index (χ4n) is 3.79. The summed E-state index contributed by atoms with van der Waals surface area (Å²) in [5.74, 6) is 0. The average molecular weight is 270 g/mol. The summed E-state index contributed by atoms with van der Waals surface area (Å²) >= 11 is 0. The zero-order valence-electron chi connectivity index (χ0n) is 11.5. The summed E-state index contributed by atoms with van der Waals surface area (Å²) in [5, 5.41) is 0. The van der Waals surface area contributed by atoms with E-state index in [0.717, 1.165) is 6.42 Å². The van der Waals surface area contributed by atoms with Crippen molar-refractivity contribution in [3.05, 3.63) is 100 Å². The molecule has 1 nitrogen and oxygen atoms in total. The van der Waals surface area contributed by atoms with Gasteiger partial charge in [0.25, 0.3) is 0 Å². The monoisotopic (exact) mass is 270 g/mol. The third-order valence-corrected chi connectivity index (χ3v) is 4.67. The van der Waals surface area contributed by atoms with Crippen LogP contribution in [0.15, 0.2) is 78.1 Å². The van der Waals surface area contributed by atoms with Crippen LogP contribution in [-0.2, 0) is 11.2 Å². The third-order valence-electron chi connectivity index (χ3n) is 4.67. The third kappa shape index (κ3) is 1.41. The van der Waals surface area contributed by atoms with E-state index in [1.807, 2.05) is 6.08 Å². The molecule has 0 amide bonds. The highest BCUT2D eigenvalue weighted by Gasteiger charge is 2.36. The summed E-state index contributed by atoms with van der Waals surface area (Å²) in [6.07, 6.45) is 7.09. The van der Waals surface area contributed by atoms with Gasteiger partial charge in [-0.15, -0.1) is 0 Å². The minimum Gasteiger partial charge on any atom is -0.489 e. The number of allylic oxidation sites excluding steroid dienone is 2. The van der Waals surface area contributed by atoms with Gasteiger partial charge in [0.2, 0.25) is 0 Å². The molecule has 1 unspecified atom stereocenters. The summed E-state index contributed by atoms with van der Waals surface area (Å²) < 4.78 is 5.93. The SMILES string of the molecule is C1=COC2C(=C1)C1=C(c3ccccc3C1)c1ccccc12. The van der Waals surface area contributed by atoms with Crippen LogP contribution in [0.4, 0.5) is 0 Å². The Hall–Kier alpha value is -2.54. The number of fused-ring (bicyclic) bond motifs is 7. The lowest BCUT2D eigenvalue weighted by Crippen LogP contribution is -2.16. The summed E-state index contributed by atoms with van der Waals surface area (Å²) in [7, 11) is 0. The molecule has 1 atom stereocenters. The van der Waals surface area contributed by atoms with Crippen molar-refractivity contribution in [2.75, 3.05) is 0 Å². The van der Waals surface area contributed by atoms with E-state index in [4.69, 9.17) is 4.74 Å². The van der Waals surface area contributed by atoms with Crippen molar-refractivity contribution in [1.82, 2.24) is 0 Å². The molecule has 1 aliphatic heterocycles. The van der Waals surface area contributed by atoms with E-state index in [0.29, 0.717) is 0 Å². The maximum absolute atomic E-state index is 5.93. The van der Waals surface area contributed by atoms with Crippen LogP contribution in [0.2, 0.25) is 0 Å². The fourth-order valence-corrected chi connectivity index (χ4v) is 3.79. The Morgan fingerprint density at radius 2 is 1.71 bits per heavy atom. The van der Waals surface area contributed by atoms with E-state index in [2.05, 4.69) is 54.6 Å². The molecule has 0 N–H and O–H groups in total. The van der Waals surface area contributed by atoms with Gasteiger partial charge in [0.1, 0.15) is 6.10 Å². The first-order valence-electron chi connectivity index (χ1n) is 7.37. The Morgan fingerprint density at radius 3 is 2.67 bits per heavy atom. The van der Waals surface area contributed by atoms with Crippen molar-refractivity contribution < 1.29 is 4.74 Å². The second-order valence-electron chi connectivity index (χ2n) is 5.74. The maximum atomic E-state index is 5.93. The molecule has 0 aromatic heterocycles. The van der Waals surface area contributed by atoms with Crippen LogP contribution >= 0.6 is 0 Å². The number of ether oxygens (including phenoxy) is 1. The Bertz CT molecular complexity index is 852. The van der Waals surface area contributed by atoms with E-state index in [9.17, 15) is 0 Å². The van der Waals surface area contributed by atoms with Gasteiger partial charge in [-0.05, 0) is 40.3 Å². The lowest BCUT2D eigenvalue weighted by molar-refractivity contribution is 0.175. The van der Waals surface area contributed by atoms with Gasteiger partial charge in [-0.2, -0.15) is 0 Å². The molecule has 2 aromatic rings. The molecule has 100 valence electrons. The zero-order valence-corrected chi connectivity index (χ0v) is 11.5. The molecule has 0 fully saturated rings. The van der Waals surface area contributed by atoms with Gasteiger partial charge in [-0.1, -0.05) is 54.6 Å². The van der Waals surface area contributed by atoms with Gasteiger partial charge in [0, 0.05) is 11.1 Å². The summed E-state index contributed by atoms with van der Waals surface area (Å²) in [6, 6.07) is 17.4. The number of hydrogen-bond donors (Lipinski definition) is 0. The molecule has 2 aromatic carbocycles. The van der Waals surface area contributed by atoms with E-state index in [-0.39, 0.29) is 6.10 Å². The van der Waals surface area contributed by atoms with Crippen LogP contribution in [-0.4, -0.2) is 0 Å². The molecule has 1 heteroatoms. The second-order valence-corrected chi connectivity index (χ2v) is 5.74. The zero-order chi connectivity index (χ0) is 13.8. The van der Waals surface area contributed by atoms with Gasteiger partial charge in [-0.3, -0.25) is 0 Å². The molecule has 3 aliphatic rings. The van der Waals surface area contributed by atoms with Crippen molar-refractivity contribution in [1.29, 1.82) is 0 Å². The smallest absolute Gasteiger partial charge is 0.149 e. The molecular weight excluding hydrogens is 256 g/mol. The van der Waals surface area contributed by atoms with Gasteiger partial charge in [-0.25, -0.2) is 0 Å². The Kier molecular flexibility index (Phi) is 2.12. The molecule has 0 spiro atoms. The first-order chi connectivity index (χ1) is 10.4. The van der Waals surface area contributed by atoms with Crippen LogP contribution in [0.1, 0.15) is 28.4 Å². The number of hydrogen-bond acceptors (Lipinski definition) is 1. The maximum Gasteiger partial charge on any atom is 0.149 e. The molecule has 21 heavy (non-hydrogen) atoms. The molecule has 5 rings (SSSR count). The highest BCUT2D eigenvalue weighted by Crippen LogP contribution is 2.51. The lowest BCUT2D eigenvalue weighted by Gasteiger charge is -2.31. The number of benzene rings is 2. The highest BCUT2D eigenvalue weighted by molar-refractivity contribution is 5.93. The molecule has 0 saturated carbocycles. The summed E-state index contributed by atoms with van der Waals surface area (Å²) in [6.45, 7) is 0. The predicted octanol–water partition coefficient (Wildman–Crippen LogP) is 4.57. The minimum atomic E-state index is 0.0549. The molecule has 1 heterocycles. The van der Waals surface area contributed by atoms with Gasteiger partial charge in [0.15, 0.2) is 0 Å². The van der Waals surface area contributed by atoms with Crippen molar-refractivity contribution in [3.8, 4) is 0 Å². The topological polar surface area (TPSA) is 9.23 Å². The minimum absolute atomic E-state index is 0.0549. The first kappa shape index (κ1) is 11.2. The van der Waals surface area contributed by atoms with Crippen LogP contribution in [0.3, 0.4) is 0 Å². The van der Waals surface area contributed by atoms with Crippen LogP contribution in [0.5, 0.6) is 0 Å². The van der Waals surface area contributed by atoms with Gasteiger partial charge < -0.3 is 4.74 Å². The van der Waals surface area contributed by atoms with E-state index in [1.165, 1.54) is 39.0 Å². The average Bonchev–Trinajstić information content (AvgIpc) is 2.95. The fraction of sp³-hybridized carbons (Fsp3) is 0.100. The molecule has 0 radical (unpaired) electrons. The van der Waals surface area contributed by atoms with E-state index in [1.54, 1.807) is 6.26 Å². The highest BCUT2D eigenvalue weighted by atomic mass is 16.5. The first-order valence-corrected chi connectivity index (χ1v) is 7.37. The quantitative estimate of drug-likeness (QED) is 0.681. The van der Waals surface area contributed by atoms with Crippen molar-refractivity contribution >= 4 is 5.57 Å². The predicted molar refractivity (Wildman–Crippen MR) is 83.7 cm³/mol. The van der Waals surface area contributed by atoms with Gasteiger partial charge in [0.05, 0.1) is 6.26 Å². The van der Waals surface area contributed by atoms with Crippen LogP contribution in [0.25, 0.3) is 5.57 Å². The van der Waals surface area contributed by atoms with Gasteiger partial charge >= 0.3 is 0 Å². The van der Waals surface area contributed by atoms with Crippen molar-refractivity contribution in [2.24, 2.45) is 0 Å². The van der Waals surface area contributed by atoms with E-state index >= 15 is 0 Å². The summed E-state index contributed by atoms with van der Waals surface area (Å²) in [5.41, 5.74) is 9.58. The Labute approximate surface area is 123 Å². The van der Waals surface area contributed by atoms with Crippen molar-refractivity contribution in [2.45, 2.75) is 12.5 Å². The van der Waals surface area contributed by atoms with E-state index < -0.39 is 0 Å². The molecular formula is C20H14O. The lowest BCUT2D eigenvalue weighted by atomic mass is 9.80. The molecule has 0 saturated heterocycles.